The van der Waals surface area contributed by atoms with E-state index in [-0.39, 0.29) is 5.84 Å². The number of nitrogens with one attached hydrogen (secondary N) is 1. The molecule has 1 aromatic carbocycles. The van der Waals surface area contributed by atoms with Crippen molar-refractivity contribution in [3.8, 4) is 22.6 Å². The third kappa shape index (κ3) is 2.57. The molecule has 0 aliphatic carbocycles. The quantitative estimate of drug-likeness (QED) is 0.303. The molecule has 0 saturated carbocycles. The van der Waals surface area contributed by atoms with Crippen LogP contribution in [0.4, 0.5) is 5.69 Å². The highest BCUT2D eigenvalue weighted by Gasteiger charge is 2.15. The van der Waals surface area contributed by atoms with Crippen molar-refractivity contribution in [3.05, 3.63) is 66.5 Å². The molecule has 0 fully saturated rings. The first-order valence-corrected chi connectivity index (χ1v) is 7.64. The molecular formula is C18H15N7. The van der Waals surface area contributed by atoms with E-state index in [1.54, 1.807) is 35.1 Å². The number of fused-ring (bicyclic) bond motifs is 1. The molecule has 0 amide bonds. The number of nitrogens with zero attached hydrogens (tertiary/aromatic N) is 4. The number of hydrogen-bond donors (Lipinski definition) is 3. The number of nitrogen functional groups attached to an aromatic ring is 2. The van der Waals surface area contributed by atoms with Crippen LogP contribution in [0.1, 0.15) is 5.56 Å². The van der Waals surface area contributed by atoms with Gasteiger partial charge in [0.25, 0.3) is 0 Å². The maximum Gasteiger partial charge on any atom is 0.182 e. The first kappa shape index (κ1) is 14.8. The molecule has 3 heterocycles. The predicted molar refractivity (Wildman–Crippen MR) is 97.1 cm³/mol. The zero-order chi connectivity index (χ0) is 17.4. The fraction of sp³-hybridized carbons (Fsp3) is 0. The van der Waals surface area contributed by atoms with E-state index in [9.17, 15) is 0 Å². The summed E-state index contributed by atoms with van der Waals surface area (Å²) < 4.78 is 1.71. The fourth-order valence-corrected chi connectivity index (χ4v) is 2.67. The number of benzene rings is 1. The van der Waals surface area contributed by atoms with Crippen molar-refractivity contribution in [2.45, 2.75) is 0 Å². The van der Waals surface area contributed by atoms with Gasteiger partial charge >= 0.3 is 0 Å². The van der Waals surface area contributed by atoms with Crippen molar-refractivity contribution < 1.29 is 0 Å². The molecule has 0 aliphatic heterocycles. The van der Waals surface area contributed by atoms with Crippen LogP contribution >= 0.6 is 0 Å². The van der Waals surface area contributed by atoms with E-state index in [1.807, 2.05) is 30.3 Å². The smallest absolute Gasteiger partial charge is 0.182 e. The Labute approximate surface area is 143 Å². The van der Waals surface area contributed by atoms with E-state index < -0.39 is 0 Å². The van der Waals surface area contributed by atoms with E-state index in [4.69, 9.17) is 16.9 Å². The minimum atomic E-state index is -0.0532. The number of aromatic nitrogens is 4. The highest BCUT2D eigenvalue weighted by atomic mass is 15.3. The van der Waals surface area contributed by atoms with Gasteiger partial charge in [-0.2, -0.15) is 0 Å². The Hall–Kier alpha value is -3.74. The van der Waals surface area contributed by atoms with Crippen LogP contribution in [-0.2, 0) is 0 Å². The van der Waals surface area contributed by atoms with Crippen LogP contribution in [0.5, 0.6) is 0 Å². The third-order valence-electron chi connectivity index (χ3n) is 3.92. The normalized spacial score (nSPS) is 10.9. The molecule has 0 radical (unpaired) electrons. The lowest BCUT2D eigenvalue weighted by Crippen LogP contribution is -2.13. The first-order chi connectivity index (χ1) is 12.1. The van der Waals surface area contributed by atoms with Gasteiger partial charge in [-0.1, -0.05) is 0 Å². The second kappa shape index (κ2) is 5.72. The summed E-state index contributed by atoms with van der Waals surface area (Å²) in [4.78, 5) is 8.64. The third-order valence-corrected chi connectivity index (χ3v) is 3.92. The Kier molecular flexibility index (Phi) is 3.39. The number of hydrogen-bond acceptors (Lipinski definition) is 5. The summed E-state index contributed by atoms with van der Waals surface area (Å²) in [6.07, 6.45) is 3.44. The van der Waals surface area contributed by atoms with E-state index in [0.717, 1.165) is 16.8 Å². The topological polar surface area (TPSA) is 119 Å². The van der Waals surface area contributed by atoms with Gasteiger partial charge in [-0.3, -0.25) is 10.4 Å². The lowest BCUT2D eigenvalue weighted by Gasteiger charge is -2.06. The van der Waals surface area contributed by atoms with E-state index in [1.165, 1.54) is 0 Å². The van der Waals surface area contributed by atoms with Crippen molar-refractivity contribution in [1.82, 2.24) is 19.6 Å². The van der Waals surface area contributed by atoms with Crippen molar-refractivity contribution in [1.29, 1.82) is 5.41 Å². The van der Waals surface area contributed by atoms with Crippen LogP contribution in [0.3, 0.4) is 0 Å². The van der Waals surface area contributed by atoms with Crippen LogP contribution in [0.25, 0.3) is 28.3 Å². The average molecular weight is 329 g/mol. The van der Waals surface area contributed by atoms with Crippen LogP contribution in [0, 0.1) is 5.41 Å². The monoisotopic (exact) mass is 329 g/mol. The van der Waals surface area contributed by atoms with Gasteiger partial charge < -0.3 is 11.5 Å². The molecule has 25 heavy (non-hydrogen) atoms. The molecule has 0 aliphatic rings. The van der Waals surface area contributed by atoms with Crippen molar-refractivity contribution >= 4 is 17.2 Å². The summed E-state index contributed by atoms with van der Waals surface area (Å²) in [5.74, 6) is 0.492. The minimum Gasteiger partial charge on any atom is -0.399 e. The summed E-state index contributed by atoms with van der Waals surface area (Å²) in [6, 6.07) is 14.8. The molecule has 7 heteroatoms. The second-order valence-electron chi connectivity index (χ2n) is 5.57. The highest BCUT2D eigenvalue weighted by Crippen LogP contribution is 2.25. The minimum absolute atomic E-state index is 0.0532. The Bertz CT molecular complexity index is 1070. The predicted octanol–water partition coefficient (Wildman–Crippen LogP) is 2.32. The summed E-state index contributed by atoms with van der Waals surface area (Å²) in [5.41, 5.74) is 15.8. The molecule has 0 saturated heterocycles. The van der Waals surface area contributed by atoms with Crippen LogP contribution in [-0.4, -0.2) is 25.4 Å². The molecule has 3 aromatic heterocycles. The van der Waals surface area contributed by atoms with Crippen LogP contribution in [0.15, 0.2) is 60.9 Å². The lowest BCUT2D eigenvalue weighted by atomic mass is 10.1. The molecule has 4 aromatic rings. The van der Waals surface area contributed by atoms with Crippen molar-refractivity contribution in [3.63, 3.8) is 0 Å². The average Bonchev–Trinajstić information content (AvgIpc) is 3.07. The number of nitrogens with two attached hydrogens (primary N) is 2. The molecule has 0 unspecified atom stereocenters. The molecule has 0 spiro atoms. The van der Waals surface area contributed by atoms with Gasteiger partial charge in [-0.05, 0) is 48.5 Å². The number of pyridine rings is 2. The zero-order valence-corrected chi connectivity index (χ0v) is 13.2. The van der Waals surface area contributed by atoms with Gasteiger partial charge in [0.15, 0.2) is 11.5 Å². The second-order valence-corrected chi connectivity index (χ2v) is 5.57. The summed E-state index contributed by atoms with van der Waals surface area (Å²) in [6.45, 7) is 0. The zero-order valence-electron chi connectivity index (χ0n) is 13.2. The first-order valence-electron chi connectivity index (χ1n) is 7.64. The van der Waals surface area contributed by atoms with Crippen LogP contribution < -0.4 is 11.5 Å². The number of rotatable bonds is 3. The van der Waals surface area contributed by atoms with Crippen LogP contribution in [0.2, 0.25) is 0 Å². The molecule has 0 bridgehead atoms. The molecule has 4 rings (SSSR count). The molecule has 7 nitrogen and oxygen atoms in total. The fourth-order valence-electron chi connectivity index (χ4n) is 2.67. The summed E-state index contributed by atoms with van der Waals surface area (Å²) >= 11 is 0. The number of amidine groups is 1. The standard InChI is InChI=1S/C18H15N7/c19-13-3-1-12(2-4-13)17-23-18-14(16(20)21)5-6-15(25(18)24-17)11-7-9-22-10-8-11/h1-10H,19H2,(H3,20,21). The lowest BCUT2D eigenvalue weighted by molar-refractivity contribution is 0.971. The Balaban J connectivity index is 1.98. The molecular weight excluding hydrogens is 314 g/mol. The largest absolute Gasteiger partial charge is 0.399 e. The maximum absolute atomic E-state index is 7.80. The van der Waals surface area contributed by atoms with Gasteiger partial charge in [0.2, 0.25) is 0 Å². The van der Waals surface area contributed by atoms with Crippen molar-refractivity contribution in [2.24, 2.45) is 5.73 Å². The van der Waals surface area contributed by atoms with Gasteiger partial charge in [-0.25, -0.2) is 9.50 Å². The van der Waals surface area contributed by atoms with Gasteiger partial charge in [0.05, 0.1) is 11.3 Å². The summed E-state index contributed by atoms with van der Waals surface area (Å²) in [7, 11) is 0. The highest BCUT2D eigenvalue weighted by molar-refractivity contribution is 6.01. The Morgan fingerprint density at radius 3 is 2.32 bits per heavy atom. The Morgan fingerprint density at radius 2 is 1.64 bits per heavy atom. The van der Waals surface area contributed by atoms with Gasteiger partial charge in [0.1, 0.15) is 5.84 Å². The molecule has 0 atom stereocenters. The maximum atomic E-state index is 7.80. The summed E-state index contributed by atoms with van der Waals surface area (Å²) in [5, 5.41) is 12.4. The van der Waals surface area contributed by atoms with E-state index in [2.05, 4.69) is 15.1 Å². The SMILES string of the molecule is N=C(N)c1ccc(-c2ccncc2)n2nc(-c3ccc(N)cc3)nc12. The van der Waals surface area contributed by atoms with Gasteiger partial charge in [-0.15, -0.1) is 5.10 Å². The Morgan fingerprint density at radius 1 is 0.920 bits per heavy atom. The van der Waals surface area contributed by atoms with E-state index >= 15 is 0 Å². The number of anilines is 1. The van der Waals surface area contributed by atoms with Gasteiger partial charge in [0, 0.05) is 29.2 Å². The molecule has 5 N–H and O–H groups in total. The van der Waals surface area contributed by atoms with Crippen molar-refractivity contribution in [2.75, 3.05) is 5.73 Å². The van der Waals surface area contributed by atoms with E-state index in [0.29, 0.717) is 22.7 Å². The molecule has 122 valence electrons.